The number of carbonyl (C=O) groups is 1. The predicted molar refractivity (Wildman–Crippen MR) is 80.1 cm³/mol. The van der Waals surface area contributed by atoms with Gasteiger partial charge in [-0.05, 0) is 35.9 Å². The van der Waals surface area contributed by atoms with Crippen molar-refractivity contribution in [2.75, 3.05) is 0 Å². The third-order valence-corrected chi connectivity index (χ3v) is 3.47. The Balaban J connectivity index is 2.55. The quantitative estimate of drug-likeness (QED) is 0.771. The van der Waals surface area contributed by atoms with Crippen LogP contribution < -0.4 is 11.1 Å². The Morgan fingerprint density at radius 1 is 1.24 bits per heavy atom. The van der Waals surface area contributed by atoms with Crippen LogP contribution in [0.15, 0.2) is 36.5 Å². The molecule has 0 fully saturated rings. The van der Waals surface area contributed by atoms with E-state index in [0.29, 0.717) is 12.1 Å². The fourth-order valence-electron chi connectivity index (χ4n) is 2.13. The summed E-state index contributed by atoms with van der Waals surface area (Å²) in [5.41, 5.74) is 3.67. The summed E-state index contributed by atoms with van der Waals surface area (Å²) in [7, 11) is 0. The number of carbonyl (C=O) groups excluding carboxylic acids is 1. The van der Waals surface area contributed by atoms with Crippen LogP contribution in [-0.4, -0.2) is 17.4 Å². The number of nitrogens with two attached hydrogens (primary N) is 1. The van der Waals surface area contributed by atoms with Gasteiger partial charge in [-0.15, -0.1) is 0 Å². The van der Waals surface area contributed by atoms with Crippen LogP contribution in [0.4, 0.5) is 26.7 Å². The summed E-state index contributed by atoms with van der Waals surface area (Å²) in [5.74, 6) is -5.75. The highest BCUT2D eigenvalue weighted by Crippen LogP contribution is 2.36. The second kappa shape index (κ2) is 7.22. The molecule has 0 unspecified atom stereocenters. The van der Waals surface area contributed by atoms with E-state index in [4.69, 9.17) is 17.3 Å². The largest absolute Gasteiger partial charge is 0.352 e. The van der Waals surface area contributed by atoms with Gasteiger partial charge in [0.15, 0.2) is 0 Å². The number of primary amides is 1. The molecule has 0 saturated carbocycles. The first kappa shape index (κ1) is 18.9. The summed E-state index contributed by atoms with van der Waals surface area (Å²) in [5, 5.41) is 2.46. The summed E-state index contributed by atoms with van der Waals surface area (Å²) in [6.07, 6.45) is -2.82. The number of pyridine rings is 1. The number of urea groups is 1. The molecule has 1 aromatic heterocycles. The zero-order valence-corrected chi connectivity index (χ0v) is 13.1. The molecule has 4 nitrogen and oxygen atoms in total. The van der Waals surface area contributed by atoms with Gasteiger partial charge in [-0.25, -0.2) is 18.0 Å². The van der Waals surface area contributed by atoms with Crippen LogP contribution in [0.5, 0.6) is 0 Å². The number of aromatic nitrogens is 1. The number of halogens is 6. The SMILES string of the molecule is NC(=O)N[C@@H](c1cc(F)cc(C(F)(F)C(F)F)c1)c1ccc(Cl)cn1. The second-order valence-corrected chi connectivity index (χ2v) is 5.48. The van der Waals surface area contributed by atoms with E-state index in [0.717, 1.165) is 6.07 Å². The number of benzene rings is 1. The number of amides is 2. The Labute approximate surface area is 143 Å². The predicted octanol–water partition coefficient (Wildman–Crippen LogP) is 3.99. The van der Waals surface area contributed by atoms with Crippen molar-refractivity contribution in [3.05, 3.63) is 64.2 Å². The number of nitrogens with one attached hydrogen (secondary N) is 1. The summed E-state index contributed by atoms with van der Waals surface area (Å²) in [4.78, 5) is 15.1. The summed E-state index contributed by atoms with van der Waals surface area (Å²) in [6.45, 7) is 0. The molecule has 0 bridgehead atoms. The lowest BCUT2D eigenvalue weighted by Crippen LogP contribution is -2.34. The van der Waals surface area contributed by atoms with Gasteiger partial charge in [0.1, 0.15) is 5.82 Å². The van der Waals surface area contributed by atoms with Gasteiger partial charge in [0.25, 0.3) is 0 Å². The third kappa shape index (κ3) is 4.36. The van der Waals surface area contributed by atoms with Crippen LogP contribution in [0.25, 0.3) is 0 Å². The number of nitrogens with zero attached hydrogens (tertiary/aromatic N) is 1. The van der Waals surface area contributed by atoms with E-state index in [1.807, 2.05) is 0 Å². The molecule has 0 saturated heterocycles. The minimum absolute atomic E-state index is 0.0973. The Kier molecular flexibility index (Phi) is 5.46. The molecule has 1 aromatic carbocycles. The second-order valence-electron chi connectivity index (χ2n) is 5.04. The average Bonchev–Trinajstić information content (AvgIpc) is 2.52. The lowest BCUT2D eigenvalue weighted by Gasteiger charge is -2.21. The van der Waals surface area contributed by atoms with E-state index >= 15 is 0 Å². The Bertz CT molecular complexity index is 770. The zero-order chi connectivity index (χ0) is 18.8. The van der Waals surface area contributed by atoms with Gasteiger partial charge in [-0.1, -0.05) is 11.6 Å². The molecule has 1 atom stereocenters. The van der Waals surface area contributed by atoms with Crippen LogP contribution in [0, 0.1) is 5.82 Å². The Hall–Kier alpha value is -2.42. The lowest BCUT2D eigenvalue weighted by atomic mass is 9.98. The van der Waals surface area contributed by atoms with Crippen molar-refractivity contribution in [1.29, 1.82) is 0 Å². The van der Waals surface area contributed by atoms with Crippen molar-refractivity contribution in [2.45, 2.75) is 18.4 Å². The molecule has 2 aromatic rings. The van der Waals surface area contributed by atoms with Crippen LogP contribution in [-0.2, 0) is 5.92 Å². The van der Waals surface area contributed by atoms with Crippen molar-refractivity contribution in [2.24, 2.45) is 5.73 Å². The molecule has 0 spiro atoms. The summed E-state index contributed by atoms with van der Waals surface area (Å²) in [6, 6.07) is 2.22. The van der Waals surface area contributed by atoms with E-state index in [1.54, 1.807) is 0 Å². The molecule has 10 heteroatoms. The van der Waals surface area contributed by atoms with Crippen LogP contribution in [0.3, 0.4) is 0 Å². The van der Waals surface area contributed by atoms with E-state index in [1.165, 1.54) is 18.3 Å². The van der Waals surface area contributed by atoms with Crippen molar-refractivity contribution < 1.29 is 26.7 Å². The van der Waals surface area contributed by atoms with Crippen LogP contribution in [0.2, 0.25) is 5.02 Å². The van der Waals surface area contributed by atoms with Gasteiger partial charge < -0.3 is 11.1 Å². The fraction of sp³-hybridized carbons (Fsp3) is 0.200. The fourth-order valence-corrected chi connectivity index (χ4v) is 2.24. The molecule has 134 valence electrons. The third-order valence-electron chi connectivity index (χ3n) is 3.25. The normalized spacial score (nSPS) is 12.9. The standard InChI is InChI=1S/C15H11ClF5N3O/c16-9-1-2-11(23-6-9)12(24-14(22)25)7-3-8(5-10(17)4-7)15(20,21)13(18)19/h1-6,12-13H,(H3,22,24,25)/t12-/m0/s1. The van der Waals surface area contributed by atoms with Crippen molar-refractivity contribution >= 4 is 17.6 Å². The molecule has 2 amide bonds. The first-order chi connectivity index (χ1) is 11.6. The minimum Gasteiger partial charge on any atom is -0.352 e. The van der Waals surface area contributed by atoms with Crippen LogP contribution in [0.1, 0.15) is 22.9 Å². The number of hydrogen-bond donors (Lipinski definition) is 2. The molecule has 25 heavy (non-hydrogen) atoms. The molecule has 0 aliphatic rings. The maximum Gasteiger partial charge on any atom is 0.332 e. The van der Waals surface area contributed by atoms with Crippen molar-refractivity contribution in [3.63, 3.8) is 0 Å². The highest BCUT2D eigenvalue weighted by atomic mass is 35.5. The van der Waals surface area contributed by atoms with E-state index in [2.05, 4.69) is 10.3 Å². The number of alkyl halides is 4. The molecule has 0 radical (unpaired) electrons. The smallest absolute Gasteiger partial charge is 0.332 e. The molecule has 2 rings (SSSR count). The number of hydrogen-bond acceptors (Lipinski definition) is 2. The molecule has 0 aliphatic heterocycles. The van der Waals surface area contributed by atoms with E-state index in [9.17, 15) is 26.7 Å². The Morgan fingerprint density at radius 2 is 1.92 bits per heavy atom. The molecule has 1 heterocycles. The summed E-state index contributed by atoms with van der Waals surface area (Å²) < 4.78 is 66.0. The first-order valence-corrected chi connectivity index (χ1v) is 7.13. The van der Waals surface area contributed by atoms with Gasteiger partial charge in [0.05, 0.1) is 16.8 Å². The van der Waals surface area contributed by atoms with Gasteiger partial charge in [-0.2, -0.15) is 8.78 Å². The highest BCUT2D eigenvalue weighted by Gasteiger charge is 2.43. The van der Waals surface area contributed by atoms with Gasteiger partial charge in [0.2, 0.25) is 0 Å². The van der Waals surface area contributed by atoms with Crippen molar-refractivity contribution in [1.82, 2.24) is 10.3 Å². The van der Waals surface area contributed by atoms with Gasteiger partial charge in [0, 0.05) is 11.8 Å². The minimum atomic E-state index is -4.57. The topological polar surface area (TPSA) is 68.0 Å². The molecule has 3 N–H and O–H groups in total. The molecule has 0 aliphatic carbocycles. The van der Waals surface area contributed by atoms with Crippen LogP contribution >= 0.6 is 11.6 Å². The molecular weight excluding hydrogens is 369 g/mol. The monoisotopic (exact) mass is 379 g/mol. The van der Waals surface area contributed by atoms with Gasteiger partial charge in [-0.3, -0.25) is 4.98 Å². The van der Waals surface area contributed by atoms with Gasteiger partial charge >= 0.3 is 18.4 Å². The van der Waals surface area contributed by atoms with E-state index < -0.39 is 35.8 Å². The molecular formula is C15H11ClF5N3O. The van der Waals surface area contributed by atoms with Crippen molar-refractivity contribution in [3.8, 4) is 0 Å². The average molecular weight is 380 g/mol. The lowest BCUT2D eigenvalue weighted by molar-refractivity contribution is -0.135. The summed E-state index contributed by atoms with van der Waals surface area (Å²) >= 11 is 5.70. The zero-order valence-electron chi connectivity index (χ0n) is 12.3. The van der Waals surface area contributed by atoms with E-state index in [-0.39, 0.29) is 16.3 Å². The Morgan fingerprint density at radius 3 is 2.44 bits per heavy atom. The maximum absolute atomic E-state index is 13.7. The highest BCUT2D eigenvalue weighted by molar-refractivity contribution is 6.30. The first-order valence-electron chi connectivity index (χ1n) is 6.75. The maximum atomic E-state index is 13.7. The number of rotatable bonds is 5.